The first-order valence-electron chi connectivity index (χ1n) is 10.7. The van der Waals surface area contributed by atoms with Gasteiger partial charge in [-0.25, -0.2) is 0 Å². The molecule has 1 saturated heterocycles. The van der Waals surface area contributed by atoms with Gasteiger partial charge in [0.25, 0.3) is 5.91 Å². The Bertz CT molecular complexity index is 789. The average molecular weight is 383 g/mol. The van der Waals surface area contributed by atoms with Crippen LogP contribution in [0.2, 0.25) is 0 Å². The predicted molar refractivity (Wildman–Crippen MR) is 105 cm³/mol. The van der Waals surface area contributed by atoms with Gasteiger partial charge in [0.2, 0.25) is 5.91 Å². The summed E-state index contributed by atoms with van der Waals surface area (Å²) in [6.07, 6.45) is 3.63. The minimum Gasteiger partial charge on any atom is -0.467 e. The van der Waals surface area contributed by atoms with Crippen LogP contribution < -0.4 is 10.1 Å². The van der Waals surface area contributed by atoms with Gasteiger partial charge >= 0.3 is 0 Å². The van der Waals surface area contributed by atoms with E-state index in [1.165, 1.54) is 0 Å². The lowest BCUT2D eigenvalue weighted by molar-refractivity contribution is -0.156. The van der Waals surface area contributed by atoms with Gasteiger partial charge < -0.3 is 19.9 Å². The van der Waals surface area contributed by atoms with Crippen LogP contribution in [0.15, 0.2) is 24.3 Å². The monoisotopic (exact) mass is 383 g/mol. The zero-order valence-electron chi connectivity index (χ0n) is 16.5. The third kappa shape index (κ3) is 2.81. The molecule has 4 atom stereocenters. The summed E-state index contributed by atoms with van der Waals surface area (Å²) in [4.78, 5) is 30.4. The highest BCUT2D eigenvalue weighted by atomic mass is 16.5. The van der Waals surface area contributed by atoms with Crippen LogP contribution in [0.25, 0.3) is 0 Å². The van der Waals surface area contributed by atoms with Crippen LogP contribution >= 0.6 is 0 Å². The summed E-state index contributed by atoms with van der Waals surface area (Å²) in [6.45, 7) is 6.86. The maximum Gasteiger partial charge on any atom is 0.258 e. The van der Waals surface area contributed by atoms with Gasteiger partial charge in [0.1, 0.15) is 5.75 Å². The van der Waals surface area contributed by atoms with Crippen molar-refractivity contribution in [3.63, 3.8) is 0 Å². The molecule has 6 nitrogen and oxygen atoms in total. The molecule has 4 fully saturated rings. The number of benzene rings is 1. The SMILES string of the molecule is CCN1CCN(C(=O)[C@H]2C[C@H]3CC[C@H]2C[C@]32NC(=O)c3ccccc3O2)CC1. The van der Waals surface area contributed by atoms with Gasteiger partial charge in [-0.2, -0.15) is 0 Å². The molecule has 3 aliphatic carbocycles. The molecule has 2 amide bonds. The van der Waals surface area contributed by atoms with E-state index in [1.54, 1.807) is 6.07 Å². The number of piperazine rings is 1. The Balaban J connectivity index is 1.32. The standard InChI is InChI=1S/C22H29N3O3/c1-2-24-9-11-25(12-10-24)21(27)18-13-16-8-7-15(18)14-22(16)23-20(26)17-5-3-4-6-19(17)28-22/h3-6,15-16,18H,2,7-14H2,1H3,(H,23,26)/t15-,16+,18-,22+/m0/s1. The highest BCUT2D eigenvalue weighted by Gasteiger charge is 2.57. The third-order valence-electron chi connectivity index (χ3n) is 7.42. The number of amides is 2. The Morgan fingerprint density at radius 1 is 1.21 bits per heavy atom. The van der Waals surface area contributed by atoms with E-state index >= 15 is 0 Å². The number of rotatable bonds is 2. The highest BCUT2D eigenvalue weighted by molar-refractivity contribution is 5.98. The van der Waals surface area contributed by atoms with Crippen molar-refractivity contribution in [3.05, 3.63) is 29.8 Å². The van der Waals surface area contributed by atoms with E-state index < -0.39 is 5.72 Å². The zero-order chi connectivity index (χ0) is 19.3. The summed E-state index contributed by atoms with van der Waals surface area (Å²) in [5.41, 5.74) is -0.0255. The molecular weight excluding hydrogens is 354 g/mol. The van der Waals surface area contributed by atoms with Crippen LogP contribution in [-0.4, -0.2) is 60.1 Å². The molecule has 3 saturated carbocycles. The maximum atomic E-state index is 13.3. The highest BCUT2D eigenvalue weighted by Crippen LogP contribution is 2.52. The fourth-order valence-corrected chi connectivity index (χ4v) is 5.78. The smallest absolute Gasteiger partial charge is 0.258 e. The molecule has 0 radical (unpaired) electrons. The number of carbonyl (C=O) groups excluding carboxylic acids is 2. The summed E-state index contributed by atoms with van der Waals surface area (Å²) >= 11 is 0. The molecule has 0 unspecified atom stereocenters. The Morgan fingerprint density at radius 2 is 2.00 bits per heavy atom. The fourth-order valence-electron chi connectivity index (χ4n) is 5.78. The van der Waals surface area contributed by atoms with Crippen LogP contribution in [0, 0.1) is 17.8 Å². The molecule has 0 aromatic heterocycles. The molecule has 6 heteroatoms. The molecule has 28 heavy (non-hydrogen) atoms. The van der Waals surface area contributed by atoms with E-state index in [2.05, 4.69) is 22.0 Å². The van der Waals surface area contributed by atoms with Gasteiger partial charge in [-0.3, -0.25) is 9.59 Å². The van der Waals surface area contributed by atoms with E-state index in [0.29, 0.717) is 17.2 Å². The number of para-hydroxylation sites is 1. The number of nitrogens with one attached hydrogen (secondary N) is 1. The van der Waals surface area contributed by atoms with Crippen molar-refractivity contribution in [3.8, 4) is 5.75 Å². The van der Waals surface area contributed by atoms with Crippen LogP contribution in [0.1, 0.15) is 43.0 Å². The molecule has 1 aromatic rings. The van der Waals surface area contributed by atoms with Crippen molar-refractivity contribution in [1.29, 1.82) is 0 Å². The van der Waals surface area contributed by atoms with Crippen molar-refractivity contribution in [1.82, 2.24) is 15.1 Å². The van der Waals surface area contributed by atoms with Crippen molar-refractivity contribution < 1.29 is 14.3 Å². The Labute approximate surface area is 166 Å². The molecule has 1 aromatic carbocycles. The number of hydrogen-bond donors (Lipinski definition) is 1. The number of hydrogen-bond acceptors (Lipinski definition) is 4. The van der Waals surface area contributed by atoms with Crippen molar-refractivity contribution in [2.24, 2.45) is 17.8 Å². The second-order valence-electron chi connectivity index (χ2n) is 8.78. The molecule has 5 aliphatic rings. The van der Waals surface area contributed by atoms with E-state index in [0.717, 1.165) is 58.4 Å². The number of likely N-dealkylation sites (N-methyl/N-ethyl adjacent to an activating group) is 1. The van der Waals surface area contributed by atoms with Crippen LogP contribution in [-0.2, 0) is 4.79 Å². The summed E-state index contributed by atoms with van der Waals surface area (Å²) in [5.74, 6) is 1.51. The van der Waals surface area contributed by atoms with Crippen molar-refractivity contribution in [2.75, 3.05) is 32.7 Å². The predicted octanol–water partition coefficient (Wildman–Crippen LogP) is 2.11. The zero-order valence-corrected chi connectivity index (χ0v) is 16.5. The second-order valence-corrected chi connectivity index (χ2v) is 8.78. The molecular formula is C22H29N3O3. The second kappa shape index (κ2) is 6.76. The van der Waals surface area contributed by atoms with Crippen LogP contribution in [0.3, 0.4) is 0 Å². The Hall–Kier alpha value is -2.08. The maximum absolute atomic E-state index is 13.3. The van der Waals surface area contributed by atoms with Crippen LogP contribution in [0.4, 0.5) is 0 Å². The van der Waals surface area contributed by atoms with E-state index in [-0.39, 0.29) is 23.7 Å². The van der Waals surface area contributed by atoms with E-state index in [4.69, 9.17) is 4.74 Å². The Morgan fingerprint density at radius 3 is 2.71 bits per heavy atom. The van der Waals surface area contributed by atoms with Gasteiger partial charge in [0.05, 0.1) is 5.56 Å². The van der Waals surface area contributed by atoms with Crippen molar-refractivity contribution >= 4 is 11.8 Å². The van der Waals surface area contributed by atoms with Gasteiger partial charge in [-0.05, 0) is 43.9 Å². The van der Waals surface area contributed by atoms with Crippen molar-refractivity contribution in [2.45, 2.75) is 38.3 Å². The fraction of sp³-hybridized carbons (Fsp3) is 0.636. The molecule has 1 N–H and O–H groups in total. The molecule has 150 valence electrons. The topological polar surface area (TPSA) is 61.9 Å². The van der Waals surface area contributed by atoms with Crippen LogP contribution in [0.5, 0.6) is 5.75 Å². The minimum atomic E-state index is -0.633. The van der Waals surface area contributed by atoms with E-state index in [1.807, 2.05) is 18.2 Å². The lowest BCUT2D eigenvalue weighted by atomic mass is 9.59. The lowest BCUT2D eigenvalue weighted by Crippen LogP contribution is -2.67. The molecule has 2 aliphatic heterocycles. The van der Waals surface area contributed by atoms with E-state index in [9.17, 15) is 9.59 Å². The minimum absolute atomic E-state index is 0.0482. The first kappa shape index (κ1) is 18.0. The van der Waals surface area contributed by atoms with Gasteiger partial charge in [-0.1, -0.05) is 19.1 Å². The molecule has 2 heterocycles. The summed E-state index contributed by atoms with van der Waals surface area (Å²) < 4.78 is 6.40. The third-order valence-corrected chi connectivity index (χ3v) is 7.42. The summed E-state index contributed by atoms with van der Waals surface area (Å²) in [6, 6.07) is 7.46. The molecule has 2 bridgehead atoms. The number of fused-ring (bicyclic) bond motifs is 3. The largest absolute Gasteiger partial charge is 0.467 e. The lowest BCUT2D eigenvalue weighted by Gasteiger charge is -2.55. The van der Waals surface area contributed by atoms with Gasteiger partial charge in [0, 0.05) is 44.4 Å². The van der Waals surface area contributed by atoms with Gasteiger partial charge in [-0.15, -0.1) is 0 Å². The normalized spacial score (nSPS) is 34.7. The number of nitrogens with zero attached hydrogens (tertiary/aromatic N) is 2. The summed E-state index contributed by atoms with van der Waals surface area (Å²) in [5, 5.41) is 3.18. The number of ether oxygens (including phenoxy) is 1. The first-order valence-corrected chi connectivity index (χ1v) is 10.7. The average Bonchev–Trinajstić information content (AvgIpc) is 2.73. The number of carbonyl (C=O) groups is 2. The Kier molecular flexibility index (Phi) is 4.34. The quantitative estimate of drug-likeness (QED) is 0.850. The molecule has 1 spiro atoms. The van der Waals surface area contributed by atoms with Gasteiger partial charge in [0.15, 0.2) is 5.72 Å². The first-order chi connectivity index (χ1) is 13.6. The summed E-state index contributed by atoms with van der Waals surface area (Å²) in [7, 11) is 0. The molecule has 6 rings (SSSR count).